The summed E-state index contributed by atoms with van der Waals surface area (Å²) in [5.74, 6) is -0.107. The third-order valence-electron chi connectivity index (χ3n) is 4.51. The predicted molar refractivity (Wildman–Crippen MR) is 102 cm³/mol. The fraction of sp³-hybridized carbons (Fsp3) is 0.632. The van der Waals surface area contributed by atoms with Gasteiger partial charge in [-0.1, -0.05) is 19.8 Å². The van der Waals surface area contributed by atoms with Crippen LogP contribution < -0.4 is 0 Å². The smallest absolute Gasteiger partial charge is 0.254 e. The lowest BCUT2D eigenvalue weighted by Crippen LogP contribution is -2.38. The maximum absolute atomic E-state index is 13.0. The molecule has 0 heterocycles. The third kappa shape index (κ3) is 5.05. The molecule has 1 rings (SSSR count). The Balaban J connectivity index is 3.32. The molecule has 1 aromatic carbocycles. The first kappa shape index (κ1) is 21.6. The number of amides is 1. The Morgan fingerprint density at radius 1 is 1.12 bits per heavy atom. The Morgan fingerprint density at radius 3 is 2.20 bits per heavy atom. The zero-order valence-corrected chi connectivity index (χ0v) is 17.4. The minimum absolute atomic E-state index is 0.0693. The van der Waals surface area contributed by atoms with Gasteiger partial charge in [0, 0.05) is 32.2 Å². The molecule has 0 spiro atoms. The fourth-order valence-electron chi connectivity index (χ4n) is 2.71. The molecule has 0 aliphatic rings. The third-order valence-corrected chi connectivity index (χ3v) is 6.45. The van der Waals surface area contributed by atoms with Crippen LogP contribution in [0.25, 0.3) is 0 Å². The molecule has 142 valence electrons. The Hall–Kier alpha value is -1.40. The molecule has 0 bridgehead atoms. The van der Waals surface area contributed by atoms with Crippen LogP contribution in [0.1, 0.15) is 61.5 Å². The summed E-state index contributed by atoms with van der Waals surface area (Å²) >= 11 is 0. The van der Waals surface area contributed by atoms with Gasteiger partial charge in [-0.05, 0) is 57.4 Å². The number of unbranched alkanes of at least 4 members (excludes halogenated alkanes) is 2. The van der Waals surface area contributed by atoms with Crippen LogP contribution in [0.3, 0.4) is 0 Å². The average Bonchev–Trinajstić information content (AvgIpc) is 2.52. The van der Waals surface area contributed by atoms with Crippen molar-refractivity contribution < 1.29 is 13.2 Å². The molecule has 0 atom stereocenters. The SMILES string of the molecule is CCCCCN(C(=O)c1cc(C)c(C)c(S(=O)(=O)N(C)C)c1)C(C)C. The number of benzene rings is 1. The largest absolute Gasteiger partial charge is 0.336 e. The normalized spacial score (nSPS) is 12.0. The molecule has 0 saturated heterocycles. The second-order valence-electron chi connectivity index (χ2n) is 7.00. The van der Waals surface area contributed by atoms with E-state index in [1.54, 1.807) is 13.0 Å². The molecular formula is C19H32N2O3S. The Morgan fingerprint density at radius 2 is 1.72 bits per heavy atom. The number of carbonyl (C=O) groups is 1. The van der Waals surface area contributed by atoms with Crippen molar-refractivity contribution in [2.45, 2.75) is 64.8 Å². The number of hydrogen-bond donors (Lipinski definition) is 0. The van der Waals surface area contributed by atoms with E-state index in [2.05, 4.69) is 6.92 Å². The van der Waals surface area contributed by atoms with E-state index in [4.69, 9.17) is 0 Å². The molecule has 1 aromatic rings. The summed E-state index contributed by atoms with van der Waals surface area (Å²) in [6.45, 7) is 10.4. The van der Waals surface area contributed by atoms with Gasteiger partial charge in [0.05, 0.1) is 4.90 Å². The van der Waals surface area contributed by atoms with Crippen molar-refractivity contribution in [2.24, 2.45) is 0 Å². The maximum Gasteiger partial charge on any atom is 0.254 e. The summed E-state index contributed by atoms with van der Waals surface area (Å²) in [5, 5.41) is 0. The summed E-state index contributed by atoms with van der Waals surface area (Å²) in [4.78, 5) is 15.0. The molecule has 0 unspecified atom stereocenters. The molecule has 0 aliphatic heterocycles. The van der Waals surface area contributed by atoms with E-state index >= 15 is 0 Å². The minimum Gasteiger partial charge on any atom is -0.336 e. The second kappa shape index (κ2) is 8.81. The number of rotatable bonds is 8. The van der Waals surface area contributed by atoms with Crippen molar-refractivity contribution in [3.05, 3.63) is 28.8 Å². The highest BCUT2D eigenvalue weighted by atomic mass is 32.2. The van der Waals surface area contributed by atoms with Crippen LogP contribution in [0.15, 0.2) is 17.0 Å². The molecule has 6 heteroatoms. The molecule has 5 nitrogen and oxygen atoms in total. The fourth-order valence-corrected chi connectivity index (χ4v) is 3.92. The van der Waals surface area contributed by atoms with Crippen LogP contribution in [0.5, 0.6) is 0 Å². The lowest BCUT2D eigenvalue weighted by atomic mass is 10.0. The first-order valence-corrected chi connectivity index (χ1v) is 10.3. The van der Waals surface area contributed by atoms with Crippen molar-refractivity contribution >= 4 is 15.9 Å². The molecule has 0 aliphatic carbocycles. The molecular weight excluding hydrogens is 336 g/mol. The second-order valence-corrected chi connectivity index (χ2v) is 9.12. The van der Waals surface area contributed by atoms with Crippen LogP contribution in [-0.4, -0.2) is 50.2 Å². The highest BCUT2D eigenvalue weighted by Crippen LogP contribution is 2.24. The van der Waals surface area contributed by atoms with E-state index in [1.807, 2.05) is 25.7 Å². The lowest BCUT2D eigenvalue weighted by Gasteiger charge is -2.27. The molecule has 0 saturated carbocycles. The van der Waals surface area contributed by atoms with Gasteiger partial charge in [0.25, 0.3) is 5.91 Å². The standard InChI is InChI=1S/C19H32N2O3S/c1-8-9-10-11-21(14(2)3)19(22)17-12-15(4)16(5)18(13-17)25(23,24)20(6)7/h12-14H,8-11H2,1-7H3. The van der Waals surface area contributed by atoms with Crippen molar-refractivity contribution in [1.29, 1.82) is 0 Å². The van der Waals surface area contributed by atoms with Gasteiger partial charge in [-0.15, -0.1) is 0 Å². The average molecular weight is 369 g/mol. The van der Waals surface area contributed by atoms with Gasteiger partial charge in [-0.3, -0.25) is 4.79 Å². The first-order valence-electron chi connectivity index (χ1n) is 8.88. The number of carbonyl (C=O) groups excluding carboxylic acids is 1. The van der Waals surface area contributed by atoms with Crippen molar-refractivity contribution in [3.63, 3.8) is 0 Å². The van der Waals surface area contributed by atoms with E-state index in [0.717, 1.165) is 24.8 Å². The van der Waals surface area contributed by atoms with Gasteiger partial charge in [-0.25, -0.2) is 12.7 Å². The van der Waals surface area contributed by atoms with E-state index in [-0.39, 0.29) is 16.8 Å². The maximum atomic E-state index is 13.0. The molecule has 25 heavy (non-hydrogen) atoms. The molecule has 0 radical (unpaired) electrons. The molecule has 0 fully saturated rings. The van der Waals surface area contributed by atoms with Gasteiger partial charge < -0.3 is 4.90 Å². The lowest BCUT2D eigenvalue weighted by molar-refractivity contribution is 0.0702. The summed E-state index contributed by atoms with van der Waals surface area (Å²) in [7, 11) is -0.583. The van der Waals surface area contributed by atoms with Crippen LogP contribution in [0, 0.1) is 13.8 Å². The summed E-state index contributed by atoms with van der Waals surface area (Å²) in [6.07, 6.45) is 3.12. The molecule has 0 N–H and O–H groups in total. The van der Waals surface area contributed by atoms with E-state index in [0.29, 0.717) is 17.7 Å². The number of hydrogen-bond acceptors (Lipinski definition) is 3. The number of nitrogens with zero attached hydrogens (tertiary/aromatic N) is 2. The Labute approximate surface area is 153 Å². The topological polar surface area (TPSA) is 57.7 Å². The van der Waals surface area contributed by atoms with Crippen molar-refractivity contribution in [3.8, 4) is 0 Å². The van der Waals surface area contributed by atoms with Crippen LogP contribution >= 0.6 is 0 Å². The van der Waals surface area contributed by atoms with Crippen LogP contribution in [0.2, 0.25) is 0 Å². The quantitative estimate of drug-likeness (QED) is 0.659. The van der Waals surface area contributed by atoms with E-state index in [1.165, 1.54) is 24.5 Å². The highest BCUT2D eigenvalue weighted by molar-refractivity contribution is 7.89. The number of sulfonamides is 1. The monoisotopic (exact) mass is 368 g/mol. The highest BCUT2D eigenvalue weighted by Gasteiger charge is 2.25. The summed E-state index contributed by atoms with van der Waals surface area (Å²) in [6, 6.07) is 3.39. The van der Waals surface area contributed by atoms with Crippen LogP contribution in [-0.2, 0) is 10.0 Å². The first-order chi connectivity index (χ1) is 11.5. The molecule has 0 aromatic heterocycles. The summed E-state index contributed by atoms with van der Waals surface area (Å²) < 4.78 is 26.4. The van der Waals surface area contributed by atoms with E-state index < -0.39 is 10.0 Å². The van der Waals surface area contributed by atoms with Gasteiger partial charge >= 0.3 is 0 Å². The van der Waals surface area contributed by atoms with Crippen molar-refractivity contribution in [1.82, 2.24) is 9.21 Å². The van der Waals surface area contributed by atoms with Gasteiger partial charge in [0.1, 0.15) is 0 Å². The summed E-state index contributed by atoms with van der Waals surface area (Å²) in [5.41, 5.74) is 1.93. The van der Waals surface area contributed by atoms with Crippen molar-refractivity contribution in [2.75, 3.05) is 20.6 Å². The zero-order valence-electron chi connectivity index (χ0n) is 16.6. The molecule has 1 amide bonds. The zero-order chi connectivity index (χ0) is 19.4. The van der Waals surface area contributed by atoms with Gasteiger partial charge in [-0.2, -0.15) is 0 Å². The number of aryl methyl sites for hydroxylation is 1. The predicted octanol–water partition coefficient (Wildman–Crippen LogP) is 3.59. The van der Waals surface area contributed by atoms with Gasteiger partial charge in [0.15, 0.2) is 0 Å². The van der Waals surface area contributed by atoms with Gasteiger partial charge in [0.2, 0.25) is 10.0 Å². The minimum atomic E-state index is -3.59. The van der Waals surface area contributed by atoms with E-state index in [9.17, 15) is 13.2 Å². The Kier molecular flexibility index (Phi) is 7.62. The van der Waals surface area contributed by atoms with Crippen LogP contribution in [0.4, 0.5) is 0 Å². The Bertz CT molecular complexity index is 710.